The fraction of sp³-hybridized carbons (Fsp3) is 0.188. The lowest BCUT2D eigenvalue weighted by Gasteiger charge is -2.10. The van der Waals surface area contributed by atoms with Gasteiger partial charge in [0, 0.05) is 18.7 Å². The van der Waals surface area contributed by atoms with Gasteiger partial charge in [0.2, 0.25) is 0 Å². The number of hydrogen-bond donors (Lipinski definition) is 2. The molecule has 0 spiro atoms. The molecule has 0 amide bonds. The van der Waals surface area contributed by atoms with Crippen molar-refractivity contribution in [1.82, 2.24) is 0 Å². The summed E-state index contributed by atoms with van der Waals surface area (Å²) in [5, 5.41) is 11.9. The summed E-state index contributed by atoms with van der Waals surface area (Å²) in [5.74, 6) is -0.775. The summed E-state index contributed by atoms with van der Waals surface area (Å²) in [6, 6.07) is 14.6. The molecule has 0 bridgehead atoms. The molecule has 0 fully saturated rings. The Morgan fingerprint density at radius 1 is 1.11 bits per heavy atom. The number of aliphatic carboxylic acids is 1. The zero-order valence-electron chi connectivity index (χ0n) is 10.5. The lowest BCUT2D eigenvalue weighted by atomic mass is 10.0. The van der Waals surface area contributed by atoms with Crippen molar-refractivity contribution in [2.75, 3.05) is 11.9 Å². The third kappa shape index (κ3) is 2.19. The summed E-state index contributed by atoms with van der Waals surface area (Å²) in [5.41, 5.74) is 6.21. The van der Waals surface area contributed by atoms with Gasteiger partial charge in [-0.15, -0.1) is 0 Å². The highest BCUT2D eigenvalue weighted by Gasteiger charge is 2.20. The van der Waals surface area contributed by atoms with Gasteiger partial charge in [0.1, 0.15) is 0 Å². The van der Waals surface area contributed by atoms with Gasteiger partial charge in [-0.1, -0.05) is 36.4 Å². The minimum Gasteiger partial charge on any atom is -0.481 e. The van der Waals surface area contributed by atoms with Crippen LogP contribution in [0, 0.1) is 0 Å². The van der Waals surface area contributed by atoms with E-state index in [0.717, 1.165) is 12.1 Å². The Bertz CT molecular complexity index is 634. The highest BCUT2D eigenvalue weighted by molar-refractivity contribution is 5.82. The average Bonchev–Trinajstić information content (AvgIpc) is 2.78. The van der Waals surface area contributed by atoms with E-state index in [-0.39, 0.29) is 6.42 Å². The molecule has 1 aliphatic carbocycles. The van der Waals surface area contributed by atoms with Gasteiger partial charge in [0.15, 0.2) is 0 Å². The van der Waals surface area contributed by atoms with Crippen molar-refractivity contribution in [3.8, 4) is 11.1 Å². The number of anilines is 1. The highest BCUT2D eigenvalue weighted by Crippen LogP contribution is 2.39. The molecule has 2 aromatic rings. The van der Waals surface area contributed by atoms with Gasteiger partial charge in [-0.05, 0) is 28.3 Å². The number of carboxylic acids is 1. The minimum atomic E-state index is -0.775. The van der Waals surface area contributed by atoms with Crippen molar-refractivity contribution in [2.45, 2.75) is 12.8 Å². The quantitative estimate of drug-likeness (QED) is 0.751. The van der Waals surface area contributed by atoms with E-state index in [2.05, 4.69) is 35.6 Å². The van der Waals surface area contributed by atoms with Crippen LogP contribution in [0.2, 0.25) is 0 Å². The van der Waals surface area contributed by atoms with Crippen LogP contribution in [-0.4, -0.2) is 17.6 Å². The molecule has 2 aromatic carbocycles. The van der Waals surface area contributed by atoms with E-state index in [1.54, 1.807) is 0 Å². The third-order valence-corrected chi connectivity index (χ3v) is 3.51. The largest absolute Gasteiger partial charge is 0.481 e. The molecule has 2 N–H and O–H groups in total. The molecular weight excluding hydrogens is 238 g/mol. The van der Waals surface area contributed by atoms with Gasteiger partial charge in [-0.3, -0.25) is 4.79 Å². The molecule has 0 saturated heterocycles. The summed E-state index contributed by atoms with van der Waals surface area (Å²) in [6.07, 6.45) is 1.05. The highest BCUT2D eigenvalue weighted by atomic mass is 16.4. The first-order chi connectivity index (χ1) is 9.25. The predicted octanol–water partition coefficient (Wildman–Crippen LogP) is 3.14. The van der Waals surface area contributed by atoms with Crippen LogP contribution in [0.5, 0.6) is 0 Å². The topological polar surface area (TPSA) is 49.3 Å². The number of carboxylic acid groups (broad SMARTS) is 1. The molecular formula is C16H15NO2. The number of fused-ring (bicyclic) bond motifs is 3. The third-order valence-electron chi connectivity index (χ3n) is 3.51. The van der Waals surface area contributed by atoms with Gasteiger partial charge in [0.05, 0.1) is 6.42 Å². The second-order valence-corrected chi connectivity index (χ2v) is 4.74. The molecule has 0 aliphatic heterocycles. The Balaban J connectivity index is 1.88. The maximum absolute atomic E-state index is 10.6. The maximum Gasteiger partial charge on any atom is 0.305 e. The summed E-state index contributed by atoms with van der Waals surface area (Å²) in [6.45, 7) is 0.460. The monoisotopic (exact) mass is 253 g/mol. The van der Waals surface area contributed by atoms with Crippen LogP contribution in [0.15, 0.2) is 42.5 Å². The summed E-state index contributed by atoms with van der Waals surface area (Å²) in [7, 11) is 0. The molecule has 0 saturated carbocycles. The van der Waals surface area contributed by atoms with Crippen molar-refractivity contribution in [3.05, 3.63) is 53.6 Å². The molecule has 0 atom stereocenters. The first kappa shape index (κ1) is 11.8. The Kier molecular flexibility index (Phi) is 2.95. The predicted molar refractivity (Wildman–Crippen MR) is 75.4 cm³/mol. The van der Waals surface area contributed by atoms with E-state index in [1.807, 2.05) is 12.1 Å². The Morgan fingerprint density at radius 3 is 2.74 bits per heavy atom. The van der Waals surface area contributed by atoms with Gasteiger partial charge < -0.3 is 10.4 Å². The van der Waals surface area contributed by atoms with Gasteiger partial charge in [-0.2, -0.15) is 0 Å². The van der Waals surface area contributed by atoms with E-state index in [1.165, 1.54) is 22.3 Å². The van der Waals surface area contributed by atoms with Crippen LogP contribution in [0.4, 0.5) is 5.69 Å². The van der Waals surface area contributed by atoms with Crippen molar-refractivity contribution >= 4 is 11.7 Å². The molecule has 3 rings (SSSR count). The van der Waals surface area contributed by atoms with Crippen molar-refractivity contribution < 1.29 is 9.90 Å². The average molecular weight is 253 g/mol. The van der Waals surface area contributed by atoms with E-state index in [0.29, 0.717) is 6.54 Å². The summed E-state index contributed by atoms with van der Waals surface area (Å²) < 4.78 is 0. The smallest absolute Gasteiger partial charge is 0.305 e. The normalized spacial score (nSPS) is 11.8. The van der Waals surface area contributed by atoms with Crippen LogP contribution in [0.25, 0.3) is 11.1 Å². The Morgan fingerprint density at radius 2 is 1.89 bits per heavy atom. The molecule has 3 heteroatoms. The Labute approximate surface area is 111 Å². The number of hydrogen-bond acceptors (Lipinski definition) is 2. The standard InChI is InChI=1S/C16H15NO2/c18-16(19)8-9-17-15-7-3-6-13-12-5-2-1-4-11(12)10-14(13)15/h1-7,17H,8-10H2,(H,18,19). The Hall–Kier alpha value is -2.29. The van der Waals surface area contributed by atoms with Crippen LogP contribution in [0.1, 0.15) is 17.5 Å². The molecule has 19 heavy (non-hydrogen) atoms. The fourth-order valence-corrected chi connectivity index (χ4v) is 2.63. The molecule has 0 unspecified atom stereocenters. The summed E-state index contributed by atoms with van der Waals surface area (Å²) >= 11 is 0. The zero-order chi connectivity index (χ0) is 13.2. The van der Waals surface area contributed by atoms with Crippen LogP contribution in [-0.2, 0) is 11.2 Å². The first-order valence-electron chi connectivity index (χ1n) is 6.41. The molecule has 0 aromatic heterocycles. The summed E-state index contributed by atoms with van der Waals surface area (Å²) in [4.78, 5) is 10.6. The fourth-order valence-electron chi connectivity index (χ4n) is 2.63. The SMILES string of the molecule is O=C(O)CCNc1cccc2c1Cc1ccccc1-2. The maximum atomic E-state index is 10.6. The minimum absolute atomic E-state index is 0.136. The van der Waals surface area contributed by atoms with Gasteiger partial charge >= 0.3 is 5.97 Å². The van der Waals surface area contributed by atoms with Gasteiger partial charge in [0.25, 0.3) is 0 Å². The van der Waals surface area contributed by atoms with Crippen LogP contribution >= 0.6 is 0 Å². The van der Waals surface area contributed by atoms with E-state index < -0.39 is 5.97 Å². The van der Waals surface area contributed by atoms with Crippen molar-refractivity contribution in [3.63, 3.8) is 0 Å². The van der Waals surface area contributed by atoms with Crippen LogP contribution in [0.3, 0.4) is 0 Å². The lowest BCUT2D eigenvalue weighted by Crippen LogP contribution is -2.08. The zero-order valence-corrected chi connectivity index (χ0v) is 10.5. The molecule has 1 aliphatic rings. The van der Waals surface area contributed by atoms with Crippen LogP contribution < -0.4 is 5.32 Å². The number of rotatable bonds is 4. The van der Waals surface area contributed by atoms with E-state index in [4.69, 9.17) is 5.11 Å². The molecule has 96 valence electrons. The number of nitrogens with one attached hydrogen (secondary N) is 1. The molecule has 0 heterocycles. The molecule has 0 radical (unpaired) electrons. The van der Waals surface area contributed by atoms with Gasteiger partial charge in [-0.25, -0.2) is 0 Å². The second kappa shape index (κ2) is 4.76. The van der Waals surface area contributed by atoms with E-state index >= 15 is 0 Å². The van der Waals surface area contributed by atoms with Crippen molar-refractivity contribution in [2.24, 2.45) is 0 Å². The second-order valence-electron chi connectivity index (χ2n) is 4.74. The number of benzene rings is 2. The number of carbonyl (C=O) groups is 1. The van der Waals surface area contributed by atoms with E-state index in [9.17, 15) is 4.79 Å². The van der Waals surface area contributed by atoms with Crippen molar-refractivity contribution in [1.29, 1.82) is 0 Å². The molecule has 3 nitrogen and oxygen atoms in total. The first-order valence-corrected chi connectivity index (χ1v) is 6.41. The lowest BCUT2D eigenvalue weighted by molar-refractivity contribution is -0.136.